The van der Waals surface area contributed by atoms with Crippen molar-refractivity contribution < 1.29 is 9.22 Å². The van der Waals surface area contributed by atoms with Crippen molar-refractivity contribution in [2.75, 3.05) is 32.8 Å². The zero-order valence-electron chi connectivity index (χ0n) is 12.9. The summed E-state index contributed by atoms with van der Waals surface area (Å²) in [5.74, 6) is 0. The van der Waals surface area contributed by atoms with E-state index >= 15 is 0 Å². The van der Waals surface area contributed by atoms with E-state index in [2.05, 4.69) is 20.8 Å². The lowest BCUT2D eigenvalue weighted by atomic mass is 9.98. The van der Waals surface area contributed by atoms with Crippen molar-refractivity contribution in [1.29, 1.82) is 0 Å². The normalized spacial score (nSPS) is 18.2. The Morgan fingerprint density at radius 3 is 2.00 bits per heavy atom. The second kappa shape index (κ2) is 8.92. The first-order chi connectivity index (χ1) is 8.76. The third-order valence-electron chi connectivity index (χ3n) is 4.54. The van der Waals surface area contributed by atoms with Crippen molar-refractivity contribution in [3.05, 3.63) is 0 Å². The Kier molecular flexibility index (Phi) is 7.92. The highest BCUT2D eigenvalue weighted by Crippen LogP contribution is 2.20. The van der Waals surface area contributed by atoms with Gasteiger partial charge in [-0.1, -0.05) is 33.1 Å². The quantitative estimate of drug-likeness (QED) is 0.567. The molecule has 1 fully saturated rings. The van der Waals surface area contributed by atoms with Crippen LogP contribution >= 0.6 is 0 Å². The van der Waals surface area contributed by atoms with Crippen LogP contribution in [-0.2, 0) is 4.74 Å². The molecule has 2 heteroatoms. The van der Waals surface area contributed by atoms with Crippen molar-refractivity contribution in [3.8, 4) is 0 Å². The Morgan fingerprint density at radius 1 is 0.889 bits per heavy atom. The van der Waals surface area contributed by atoms with Crippen molar-refractivity contribution in [2.24, 2.45) is 0 Å². The number of quaternary nitrogens is 1. The van der Waals surface area contributed by atoms with Gasteiger partial charge >= 0.3 is 0 Å². The summed E-state index contributed by atoms with van der Waals surface area (Å²) in [6.45, 7) is 13.0. The van der Waals surface area contributed by atoms with Crippen molar-refractivity contribution in [3.63, 3.8) is 0 Å². The maximum Gasteiger partial charge on any atom is 0.102 e. The van der Waals surface area contributed by atoms with Crippen LogP contribution in [0.4, 0.5) is 0 Å². The van der Waals surface area contributed by atoms with E-state index < -0.39 is 0 Å². The van der Waals surface area contributed by atoms with E-state index in [9.17, 15) is 0 Å². The Hall–Kier alpha value is -0.0800. The minimum absolute atomic E-state index is 0.570. The minimum Gasteiger partial charge on any atom is -0.372 e. The molecule has 0 saturated heterocycles. The SMILES string of the molecule is CCC[N+](CC)(CCC)CCOC1CCCCC1. The van der Waals surface area contributed by atoms with Gasteiger partial charge in [0.2, 0.25) is 0 Å². The van der Waals surface area contributed by atoms with E-state index in [1.807, 2.05) is 0 Å². The zero-order valence-corrected chi connectivity index (χ0v) is 12.9. The molecule has 108 valence electrons. The van der Waals surface area contributed by atoms with Gasteiger partial charge in [0.1, 0.15) is 6.54 Å². The molecule has 0 aromatic carbocycles. The molecular weight excluding hydrogens is 222 g/mol. The molecule has 0 atom stereocenters. The topological polar surface area (TPSA) is 9.23 Å². The fraction of sp³-hybridized carbons (Fsp3) is 1.00. The Labute approximate surface area is 114 Å². The lowest BCUT2D eigenvalue weighted by molar-refractivity contribution is -0.927. The van der Waals surface area contributed by atoms with E-state index in [-0.39, 0.29) is 0 Å². The highest BCUT2D eigenvalue weighted by Gasteiger charge is 2.24. The fourth-order valence-electron chi connectivity index (χ4n) is 3.40. The predicted octanol–water partition coefficient (Wildman–Crippen LogP) is 3.99. The lowest BCUT2D eigenvalue weighted by Gasteiger charge is -2.38. The molecule has 0 spiro atoms. The summed E-state index contributed by atoms with van der Waals surface area (Å²) in [5, 5.41) is 0. The van der Waals surface area contributed by atoms with Crippen molar-refractivity contribution in [1.82, 2.24) is 0 Å². The van der Waals surface area contributed by atoms with Crippen LogP contribution in [0, 0.1) is 0 Å². The molecule has 0 aliphatic heterocycles. The van der Waals surface area contributed by atoms with Crippen LogP contribution < -0.4 is 0 Å². The number of likely N-dealkylation sites (N-methyl/N-ethyl adjacent to an activating group) is 1. The van der Waals surface area contributed by atoms with Crippen LogP contribution in [0.1, 0.15) is 65.7 Å². The third kappa shape index (κ3) is 5.27. The van der Waals surface area contributed by atoms with E-state index in [0.29, 0.717) is 6.10 Å². The van der Waals surface area contributed by atoms with Gasteiger partial charge in [-0.2, -0.15) is 0 Å². The molecule has 1 saturated carbocycles. The Bertz CT molecular complexity index is 193. The van der Waals surface area contributed by atoms with Crippen LogP contribution in [0.2, 0.25) is 0 Å². The van der Waals surface area contributed by atoms with Crippen molar-refractivity contribution >= 4 is 0 Å². The maximum atomic E-state index is 6.12. The first kappa shape index (κ1) is 16.0. The molecule has 18 heavy (non-hydrogen) atoms. The first-order valence-corrected chi connectivity index (χ1v) is 8.23. The molecule has 1 aliphatic carbocycles. The highest BCUT2D eigenvalue weighted by atomic mass is 16.5. The summed E-state index contributed by atoms with van der Waals surface area (Å²) >= 11 is 0. The second-order valence-electron chi connectivity index (χ2n) is 5.96. The van der Waals surface area contributed by atoms with Gasteiger partial charge in [-0.15, -0.1) is 0 Å². The molecule has 0 bridgehead atoms. The Morgan fingerprint density at radius 2 is 1.50 bits per heavy atom. The average molecular weight is 256 g/mol. The van der Waals surface area contributed by atoms with Crippen LogP contribution in [0.15, 0.2) is 0 Å². The standard InChI is InChI=1S/C16H34NO/c1-4-12-17(6-3,13-5-2)14-15-18-16-10-8-7-9-11-16/h16H,4-15H2,1-3H3/q+1. The zero-order chi connectivity index (χ0) is 13.3. The molecule has 0 radical (unpaired) electrons. The molecule has 0 heterocycles. The van der Waals surface area contributed by atoms with Gasteiger partial charge in [0.15, 0.2) is 0 Å². The third-order valence-corrected chi connectivity index (χ3v) is 4.54. The highest BCUT2D eigenvalue weighted by molar-refractivity contribution is 4.64. The molecule has 0 amide bonds. The summed E-state index contributed by atoms with van der Waals surface area (Å²) < 4.78 is 7.38. The molecule has 1 rings (SSSR count). The number of rotatable bonds is 9. The molecule has 1 aliphatic rings. The van der Waals surface area contributed by atoms with Gasteiger partial charge in [0.05, 0.1) is 32.3 Å². The predicted molar refractivity (Wildman–Crippen MR) is 78.8 cm³/mol. The molecule has 0 unspecified atom stereocenters. The first-order valence-electron chi connectivity index (χ1n) is 8.23. The second-order valence-corrected chi connectivity index (χ2v) is 5.96. The molecular formula is C16H34NO+. The molecule has 0 N–H and O–H groups in total. The van der Waals surface area contributed by atoms with Crippen LogP contribution in [-0.4, -0.2) is 43.4 Å². The van der Waals surface area contributed by atoms with Gasteiger partial charge in [-0.05, 0) is 32.6 Å². The van der Waals surface area contributed by atoms with Crippen molar-refractivity contribution in [2.45, 2.75) is 71.8 Å². The monoisotopic (exact) mass is 256 g/mol. The average Bonchev–Trinajstić information content (AvgIpc) is 2.40. The maximum absolute atomic E-state index is 6.12. The minimum atomic E-state index is 0.570. The lowest BCUT2D eigenvalue weighted by Crippen LogP contribution is -2.51. The molecule has 0 aromatic heterocycles. The van der Waals surface area contributed by atoms with Crippen LogP contribution in [0.5, 0.6) is 0 Å². The number of hydrogen-bond donors (Lipinski definition) is 0. The summed E-state index contributed by atoms with van der Waals surface area (Å²) in [7, 11) is 0. The van der Waals surface area contributed by atoms with Gasteiger partial charge in [-0.3, -0.25) is 0 Å². The van der Waals surface area contributed by atoms with Gasteiger partial charge < -0.3 is 9.22 Å². The Balaban J connectivity index is 2.30. The number of hydrogen-bond acceptors (Lipinski definition) is 1. The summed E-state index contributed by atoms with van der Waals surface area (Å²) in [6.07, 6.45) is 9.92. The van der Waals surface area contributed by atoms with Gasteiger partial charge in [-0.25, -0.2) is 0 Å². The molecule has 0 aromatic rings. The van der Waals surface area contributed by atoms with Gasteiger partial charge in [0, 0.05) is 0 Å². The number of nitrogens with zero attached hydrogens (tertiary/aromatic N) is 1. The largest absolute Gasteiger partial charge is 0.372 e. The molecule has 2 nitrogen and oxygen atoms in total. The van der Waals surface area contributed by atoms with E-state index in [1.54, 1.807) is 0 Å². The smallest absolute Gasteiger partial charge is 0.102 e. The summed E-state index contributed by atoms with van der Waals surface area (Å²) in [5.41, 5.74) is 0. The van der Waals surface area contributed by atoms with E-state index in [0.717, 1.165) is 6.61 Å². The van der Waals surface area contributed by atoms with Crippen LogP contribution in [0.25, 0.3) is 0 Å². The van der Waals surface area contributed by atoms with E-state index in [4.69, 9.17) is 4.74 Å². The summed E-state index contributed by atoms with van der Waals surface area (Å²) in [6, 6.07) is 0. The van der Waals surface area contributed by atoms with E-state index in [1.165, 1.54) is 75.6 Å². The van der Waals surface area contributed by atoms with Crippen LogP contribution in [0.3, 0.4) is 0 Å². The summed E-state index contributed by atoms with van der Waals surface area (Å²) in [4.78, 5) is 0. The number of ether oxygens (including phenoxy) is 1. The van der Waals surface area contributed by atoms with Gasteiger partial charge in [0.25, 0.3) is 0 Å². The fourth-order valence-corrected chi connectivity index (χ4v) is 3.40.